The van der Waals surface area contributed by atoms with Crippen LogP contribution in [0.4, 0.5) is 5.82 Å². The molecule has 0 fully saturated rings. The number of nitrogens with one attached hydrogen (secondary N) is 1. The second kappa shape index (κ2) is 8.06. The van der Waals surface area contributed by atoms with Crippen LogP contribution < -0.4 is 5.32 Å². The average molecular weight is 383 g/mol. The van der Waals surface area contributed by atoms with Crippen molar-refractivity contribution in [1.29, 1.82) is 0 Å². The summed E-state index contributed by atoms with van der Waals surface area (Å²) in [7, 11) is 0. The minimum atomic E-state index is -0.0890. The Morgan fingerprint density at radius 1 is 1.07 bits per heavy atom. The molecule has 0 atom stereocenters. The fourth-order valence-electron chi connectivity index (χ4n) is 3.44. The summed E-state index contributed by atoms with van der Waals surface area (Å²) in [5, 5.41) is 2.92. The Labute approximate surface area is 169 Å². The smallest absolute Gasteiger partial charge is 0.225 e. The second-order valence-corrected chi connectivity index (χ2v) is 6.52. The summed E-state index contributed by atoms with van der Waals surface area (Å²) in [5.41, 5.74) is 5.25. The molecule has 0 aliphatic heterocycles. The normalized spacial score (nSPS) is 10.8. The third kappa shape index (κ3) is 3.40. The minimum Gasteiger partial charge on any atom is -0.319 e. The summed E-state index contributed by atoms with van der Waals surface area (Å²) >= 11 is 0. The van der Waals surface area contributed by atoms with Gasteiger partial charge >= 0.3 is 0 Å². The van der Waals surface area contributed by atoms with Crippen LogP contribution in [0.2, 0.25) is 0 Å². The molecule has 0 aliphatic carbocycles. The summed E-state index contributed by atoms with van der Waals surface area (Å²) < 4.78 is 2.07. The van der Waals surface area contributed by atoms with Gasteiger partial charge in [0.05, 0.1) is 5.69 Å². The maximum absolute atomic E-state index is 12.1. The van der Waals surface area contributed by atoms with Gasteiger partial charge in [0.15, 0.2) is 5.65 Å². The summed E-state index contributed by atoms with van der Waals surface area (Å²) in [6.45, 7) is 6.27. The molecule has 0 saturated carbocycles. The molecule has 3 aromatic heterocycles. The first-order chi connectivity index (χ1) is 14.2. The second-order valence-electron chi connectivity index (χ2n) is 6.52. The molecule has 0 unspecified atom stereocenters. The van der Waals surface area contributed by atoms with Crippen LogP contribution in [0.1, 0.15) is 13.3 Å². The van der Waals surface area contributed by atoms with Gasteiger partial charge in [0.25, 0.3) is 0 Å². The molecule has 1 aromatic carbocycles. The van der Waals surface area contributed by atoms with Gasteiger partial charge in [-0.3, -0.25) is 9.78 Å². The van der Waals surface area contributed by atoms with Crippen molar-refractivity contribution in [1.82, 2.24) is 19.5 Å². The van der Waals surface area contributed by atoms with Crippen molar-refractivity contribution in [3.8, 4) is 22.4 Å². The topological polar surface area (TPSA) is 72.7 Å². The van der Waals surface area contributed by atoms with Gasteiger partial charge < -0.3 is 9.88 Å². The van der Waals surface area contributed by atoms with E-state index in [2.05, 4.69) is 31.4 Å². The number of carbonyl (C=O) groups is 1. The Morgan fingerprint density at radius 2 is 1.86 bits per heavy atom. The van der Waals surface area contributed by atoms with Crippen molar-refractivity contribution in [2.45, 2.75) is 19.9 Å². The van der Waals surface area contributed by atoms with Crippen molar-refractivity contribution >= 4 is 22.9 Å². The van der Waals surface area contributed by atoms with Crippen molar-refractivity contribution in [3.63, 3.8) is 0 Å². The molecule has 29 heavy (non-hydrogen) atoms. The van der Waals surface area contributed by atoms with Gasteiger partial charge in [-0.1, -0.05) is 43.3 Å². The number of allylic oxidation sites excluding steroid dienone is 1. The Hall–Kier alpha value is -3.80. The molecule has 0 radical (unpaired) electrons. The van der Waals surface area contributed by atoms with Gasteiger partial charge in [-0.2, -0.15) is 0 Å². The quantitative estimate of drug-likeness (QED) is 0.490. The molecular weight excluding hydrogens is 362 g/mol. The molecule has 6 heteroatoms. The standard InChI is InChI=1S/C23H21N5O/c1-3-15-28-21(17-11-8-12-25-22(17)27-18(29)4-2)19(16-9-6-5-7-10-16)20-23(28)26-14-13-24-20/h3,5-14H,1,4,15H2,2H3,(H,25,27,29). The highest BCUT2D eigenvalue weighted by Gasteiger charge is 2.23. The van der Waals surface area contributed by atoms with Crippen LogP contribution in [0.15, 0.2) is 73.7 Å². The number of anilines is 1. The highest BCUT2D eigenvalue weighted by molar-refractivity contribution is 6.04. The van der Waals surface area contributed by atoms with E-state index in [4.69, 9.17) is 0 Å². The van der Waals surface area contributed by atoms with Crippen molar-refractivity contribution in [2.24, 2.45) is 0 Å². The maximum atomic E-state index is 12.1. The molecule has 4 rings (SSSR count). The number of benzene rings is 1. The van der Waals surface area contributed by atoms with Crippen molar-refractivity contribution < 1.29 is 4.79 Å². The van der Waals surface area contributed by atoms with Gasteiger partial charge in [-0.25, -0.2) is 9.97 Å². The Kier molecular flexibility index (Phi) is 5.16. The van der Waals surface area contributed by atoms with Crippen molar-refractivity contribution in [2.75, 3.05) is 5.32 Å². The lowest BCUT2D eigenvalue weighted by Gasteiger charge is -2.14. The maximum Gasteiger partial charge on any atom is 0.225 e. The van der Waals surface area contributed by atoms with Crippen LogP contribution in [0.3, 0.4) is 0 Å². The minimum absolute atomic E-state index is 0.0890. The predicted molar refractivity (Wildman–Crippen MR) is 115 cm³/mol. The number of hydrogen-bond acceptors (Lipinski definition) is 4. The Bertz CT molecular complexity index is 1180. The van der Waals surface area contributed by atoms with E-state index in [0.717, 1.165) is 33.5 Å². The predicted octanol–water partition coefficient (Wildman–Crippen LogP) is 4.69. The van der Waals surface area contributed by atoms with E-state index in [1.54, 1.807) is 18.6 Å². The molecule has 1 amide bonds. The zero-order valence-electron chi connectivity index (χ0n) is 16.2. The molecule has 0 saturated heterocycles. The van der Waals surface area contributed by atoms with Gasteiger partial charge in [-0.05, 0) is 17.7 Å². The number of aromatic nitrogens is 4. The fourth-order valence-corrected chi connectivity index (χ4v) is 3.44. The number of carbonyl (C=O) groups excluding carboxylic acids is 1. The lowest BCUT2D eigenvalue weighted by atomic mass is 10.0. The van der Waals surface area contributed by atoms with Crippen LogP contribution in [0.25, 0.3) is 33.5 Å². The number of fused-ring (bicyclic) bond motifs is 1. The van der Waals surface area contributed by atoms with Crippen LogP contribution in [0, 0.1) is 0 Å². The van der Waals surface area contributed by atoms with Gasteiger partial charge in [0.2, 0.25) is 5.91 Å². The van der Waals surface area contributed by atoms with E-state index in [-0.39, 0.29) is 5.91 Å². The van der Waals surface area contributed by atoms with E-state index in [9.17, 15) is 4.79 Å². The highest BCUT2D eigenvalue weighted by Crippen LogP contribution is 2.41. The van der Waals surface area contributed by atoms with Gasteiger partial charge in [0.1, 0.15) is 11.3 Å². The van der Waals surface area contributed by atoms with Gasteiger partial charge in [-0.15, -0.1) is 6.58 Å². The lowest BCUT2D eigenvalue weighted by molar-refractivity contribution is -0.115. The number of pyridine rings is 1. The average Bonchev–Trinajstić information content (AvgIpc) is 3.09. The Morgan fingerprint density at radius 3 is 2.62 bits per heavy atom. The van der Waals surface area contributed by atoms with E-state index >= 15 is 0 Å². The molecular formula is C23H21N5O. The molecule has 4 aromatic rings. The fraction of sp³-hybridized carbons (Fsp3) is 0.130. The lowest BCUT2D eigenvalue weighted by Crippen LogP contribution is -2.12. The summed E-state index contributed by atoms with van der Waals surface area (Å²) in [4.78, 5) is 25.8. The zero-order valence-corrected chi connectivity index (χ0v) is 16.2. The SMILES string of the molecule is C=CCn1c(-c2cccnc2NC(=O)CC)c(-c2ccccc2)c2nccnc21. The van der Waals surface area contributed by atoms with Crippen molar-refractivity contribution in [3.05, 3.63) is 73.7 Å². The highest BCUT2D eigenvalue weighted by atomic mass is 16.1. The Balaban J connectivity index is 2.08. The van der Waals surface area contributed by atoms with Crippen LogP contribution in [0.5, 0.6) is 0 Å². The number of hydrogen-bond donors (Lipinski definition) is 1. The van der Waals surface area contributed by atoms with E-state index in [1.165, 1.54) is 0 Å². The zero-order chi connectivity index (χ0) is 20.2. The molecule has 6 nitrogen and oxygen atoms in total. The van der Waals surface area contributed by atoms with E-state index in [0.29, 0.717) is 18.8 Å². The molecule has 0 aliphatic rings. The number of nitrogens with zero attached hydrogens (tertiary/aromatic N) is 4. The van der Waals surface area contributed by atoms with E-state index in [1.807, 2.05) is 55.5 Å². The first-order valence-corrected chi connectivity index (χ1v) is 9.49. The monoisotopic (exact) mass is 383 g/mol. The van der Waals surface area contributed by atoms with Gasteiger partial charge in [0, 0.05) is 42.7 Å². The molecule has 0 bridgehead atoms. The van der Waals surface area contributed by atoms with Crippen LogP contribution in [-0.4, -0.2) is 25.4 Å². The molecule has 0 spiro atoms. The summed E-state index contributed by atoms with van der Waals surface area (Å²) in [6.07, 6.45) is 7.25. The first kappa shape index (κ1) is 18.6. The third-order valence-corrected chi connectivity index (χ3v) is 4.69. The molecule has 3 heterocycles. The van der Waals surface area contributed by atoms with Crippen LogP contribution in [-0.2, 0) is 11.3 Å². The summed E-state index contributed by atoms with van der Waals surface area (Å²) in [5.74, 6) is 0.429. The molecule has 144 valence electrons. The first-order valence-electron chi connectivity index (χ1n) is 9.49. The van der Waals surface area contributed by atoms with E-state index < -0.39 is 0 Å². The number of rotatable bonds is 6. The summed E-state index contributed by atoms with van der Waals surface area (Å²) in [6, 6.07) is 13.9. The van der Waals surface area contributed by atoms with Crippen LogP contribution >= 0.6 is 0 Å². The third-order valence-electron chi connectivity index (χ3n) is 4.69. The molecule has 1 N–H and O–H groups in total. The largest absolute Gasteiger partial charge is 0.319 e. The number of amides is 1.